The molecule has 1 saturated carbocycles. The monoisotopic (exact) mass is 424 g/mol. The van der Waals surface area contributed by atoms with Crippen molar-refractivity contribution in [3.05, 3.63) is 63.1 Å². The zero-order valence-electron chi connectivity index (χ0n) is 17.4. The lowest BCUT2D eigenvalue weighted by molar-refractivity contribution is -0.131. The Morgan fingerprint density at radius 1 is 1.19 bits per heavy atom. The third-order valence-electron chi connectivity index (χ3n) is 6.80. The minimum absolute atomic E-state index is 0.0198. The number of nitrogens with one attached hydrogen (secondary N) is 1. The summed E-state index contributed by atoms with van der Waals surface area (Å²) in [5.41, 5.74) is 0.989. The highest BCUT2D eigenvalue weighted by Gasteiger charge is 2.43. The number of fused-ring (bicyclic) bond motifs is 1. The van der Waals surface area contributed by atoms with Crippen LogP contribution in [0, 0.1) is 17.7 Å². The summed E-state index contributed by atoms with van der Waals surface area (Å²) in [6.45, 7) is 3.84. The first-order chi connectivity index (χ1) is 14.9. The van der Waals surface area contributed by atoms with Crippen LogP contribution >= 0.6 is 0 Å². The standard InChI is InChI=1S/C23H25FN4O3/c1-13-10-17(13)23(31)27-8-6-14(11-27)20-25-19-12-28(9-7-16(19)21(29)26-20)22(30)15-4-2-3-5-18(15)24/h2-5,13-14,17H,6-12H2,1H3,(H,25,26,29)/t13-,14+,17+/m1/s1. The Morgan fingerprint density at radius 2 is 1.97 bits per heavy atom. The molecule has 162 valence electrons. The third-order valence-corrected chi connectivity index (χ3v) is 6.80. The molecule has 31 heavy (non-hydrogen) atoms. The van der Waals surface area contributed by atoms with Gasteiger partial charge in [-0.15, -0.1) is 0 Å². The summed E-state index contributed by atoms with van der Waals surface area (Å²) in [6.07, 6.45) is 2.10. The molecular weight excluding hydrogens is 399 g/mol. The van der Waals surface area contributed by atoms with Crippen molar-refractivity contribution in [1.29, 1.82) is 0 Å². The van der Waals surface area contributed by atoms with E-state index < -0.39 is 11.7 Å². The minimum Gasteiger partial charge on any atom is -0.342 e. The van der Waals surface area contributed by atoms with Crippen LogP contribution in [0.2, 0.25) is 0 Å². The highest BCUT2D eigenvalue weighted by molar-refractivity contribution is 5.94. The number of nitrogens with zero attached hydrogens (tertiary/aromatic N) is 3. The van der Waals surface area contributed by atoms with Gasteiger partial charge >= 0.3 is 0 Å². The molecule has 0 bridgehead atoms. The van der Waals surface area contributed by atoms with Crippen LogP contribution in [0.1, 0.15) is 53.1 Å². The second-order valence-electron chi connectivity index (χ2n) is 8.92. The molecule has 5 rings (SSSR count). The van der Waals surface area contributed by atoms with Crippen LogP contribution < -0.4 is 5.56 Å². The first kappa shape index (κ1) is 19.9. The minimum atomic E-state index is -0.557. The second kappa shape index (κ2) is 7.59. The summed E-state index contributed by atoms with van der Waals surface area (Å²) < 4.78 is 14.1. The van der Waals surface area contributed by atoms with E-state index in [2.05, 4.69) is 11.9 Å². The predicted octanol–water partition coefficient (Wildman–Crippen LogP) is 2.08. The van der Waals surface area contributed by atoms with E-state index in [0.717, 1.165) is 12.8 Å². The maximum absolute atomic E-state index is 14.1. The fourth-order valence-corrected chi connectivity index (χ4v) is 4.71. The molecule has 7 nitrogen and oxygen atoms in total. The lowest BCUT2D eigenvalue weighted by atomic mass is 10.0. The van der Waals surface area contributed by atoms with E-state index in [9.17, 15) is 18.8 Å². The van der Waals surface area contributed by atoms with Gasteiger partial charge in [0.15, 0.2) is 0 Å². The van der Waals surface area contributed by atoms with Crippen molar-refractivity contribution in [1.82, 2.24) is 19.8 Å². The molecule has 2 aromatic rings. The third kappa shape index (κ3) is 3.64. The number of H-pyrrole nitrogens is 1. The van der Waals surface area contributed by atoms with Crippen molar-refractivity contribution < 1.29 is 14.0 Å². The van der Waals surface area contributed by atoms with E-state index in [-0.39, 0.29) is 35.4 Å². The largest absolute Gasteiger partial charge is 0.342 e. The lowest BCUT2D eigenvalue weighted by Gasteiger charge is -2.28. The molecule has 0 spiro atoms. The molecule has 3 aliphatic rings. The number of likely N-dealkylation sites (tertiary alicyclic amines) is 1. The molecule has 3 atom stereocenters. The fraction of sp³-hybridized carbons (Fsp3) is 0.478. The van der Waals surface area contributed by atoms with Crippen LogP contribution in [0.25, 0.3) is 0 Å². The molecule has 0 radical (unpaired) electrons. The Labute approximate surface area is 179 Å². The van der Waals surface area contributed by atoms with Crippen molar-refractivity contribution in [2.75, 3.05) is 19.6 Å². The van der Waals surface area contributed by atoms with Crippen LogP contribution in [-0.2, 0) is 17.8 Å². The normalized spacial score (nSPS) is 24.8. The predicted molar refractivity (Wildman–Crippen MR) is 111 cm³/mol. The molecule has 0 unspecified atom stereocenters. The van der Waals surface area contributed by atoms with Crippen molar-refractivity contribution in [3.8, 4) is 0 Å². The number of hydrogen-bond donors (Lipinski definition) is 1. The van der Waals surface area contributed by atoms with Gasteiger partial charge in [0.2, 0.25) is 5.91 Å². The zero-order valence-corrected chi connectivity index (χ0v) is 17.4. The fourth-order valence-electron chi connectivity index (χ4n) is 4.71. The number of carbonyl (C=O) groups is 2. The molecule has 2 amide bonds. The highest BCUT2D eigenvalue weighted by atomic mass is 19.1. The van der Waals surface area contributed by atoms with Crippen molar-refractivity contribution in [2.45, 2.75) is 38.6 Å². The Balaban J connectivity index is 1.35. The number of carbonyl (C=O) groups excluding carboxylic acids is 2. The van der Waals surface area contributed by atoms with E-state index in [1.807, 2.05) is 4.90 Å². The summed E-state index contributed by atoms with van der Waals surface area (Å²) >= 11 is 0. The van der Waals surface area contributed by atoms with Crippen LogP contribution in [-0.4, -0.2) is 51.2 Å². The van der Waals surface area contributed by atoms with Gasteiger partial charge < -0.3 is 14.8 Å². The van der Waals surface area contributed by atoms with Gasteiger partial charge in [-0.05, 0) is 37.3 Å². The lowest BCUT2D eigenvalue weighted by Crippen LogP contribution is -2.40. The number of benzene rings is 1. The molecule has 3 heterocycles. The molecule has 8 heteroatoms. The van der Waals surface area contributed by atoms with Gasteiger partial charge in [0.05, 0.1) is 17.8 Å². The molecule has 1 aliphatic carbocycles. The van der Waals surface area contributed by atoms with Crippen LogP contribution in [0.5, 0.6) is 0 Å². The number of aromatic amines is 1. The van der Waals surface area contributed by atoms with Gasteiger partial charge in [-0.2, -0.15) is 0 Å². The number of rotatable bonds is 3. The van der Waals surface area contributed by atoms with Gasteiger partial charge in [-0.3, -0.25) is 14.4 Å². The van der Waals surface area contributed by atoms with E-state index in [1.165, 1.54) is 17.0 Å². The topological polar surface area (TPSA) is 86.4 Å². The van der Waals surface area contributed by atoms with Gasteiger partial charge in [0.1, 0.15) is 11.6 Å². The van der Waals surface area contributed by atoms with Gasteiger partial charge in [0, 0.05) is 37.0 Å². The van der Waals surface area contributed by atoms with Crippen LogP contribution in [0.3, 0.4) is 0 Å². The van der Waals surface area contributed by atoms with E-state index >= 15 is 0 Å². The quantitative estimate of drug-likeness (QED) is 0.818. The second-order valence-corrected chi connectivity index (χ2v) is 8.92. The van der Waals surface area contributed by atoms with E-state index in [4.69, 9.17) is 4.98 Å². The molecule has 1 N–H and O–H groups in total. The molecule has 2 fully saturated rings. The highest BCUT2D eigenvalue weighted by Crippen LogP contribution is 2.40. The summed E-state index contributed by atoms with van der Waals surface area (Å²) in [7, 11) is 0. The molecule has 1 aromatic heterocycles. The number of amides is 2. The first-order valence-corrected chi connectivity index (χ1v) is 10.9. The average molecular weight is 424 g/mol. The summed E-state index contributed by atoms with van der Waals surface area (Å²) in [5, 5.41) is 0. The zero-order chi connectivity index (χ0) is 21.7. The number of aromatic nitrogens is 2. The van der Waals surface area contributed by atoms with Crippen LogP contribution in [0.15, 0.2) is 29.1 Å². The summed E-state index contributed by atoms with van der Waals surface area (Å²) in [4.78, 5) is 49.0. The Hall–Kier alpha value is -3.03. The van der Waals surface area contributed by atoms with Crippen molar-refractivity contribution in [3.63, 3.8) is 0 Å². The van der Waals surface area contributed by atoms with Crippen molar-refractivity contribution >= 4 is 11.8 Å². The van der Waals surface area contributed by atoms with Gasteiger partial charge in [-0.25, -0.2) is 9.37 Å². The molecule has 2 aliphatic heterocycles. The van der Waals surface area contributed by atoms with E-state index in [0.29, 0.717) is 49.1 Å². The van der Waals surface area contributed by atoms with Gasteiger partial charge in [-0.1, -0.05) is 19.1 Å². The maximum Gasteiger partial charge on any atom is 0.257 e. The SMILES string of the molecule is C[C@@H]1C[C@@H]1C(=O)N1CC[C@H](c2nc3c(c(=O)[nH]2)CCN(C(=O)c2ccccc2F)C3)C1. The summed E-state index contributed by atoms with van der Waals surface area (Å²) in [6, 6.07) is 5.91. The Kier molecular flexibility index (Phi) is 4.87. The Morgan fingerprint density at radius 3 is 2.71 bits per heavy atom. The maximum atomic E-state index is 14.1. The Bertz CT molecular complexity index is 1110. The van der Waals surface area contributed by atoms with Crippen LogP contribution in [0.4, 0.5) is 4.39 Å². The molecular formula is C23H25FN4O3. The smallest absolute Gasteiger partial charge is 0.257 e. The summed E-state index contributed by atoms with van der Waals surface area (Å²) in [5.74, 6) is 0.411. The number of hydrogen-bond acceptors (Lipinski definition) is 4. The average Bonchev–Trinajstić information content (AvgIpc) is 3.29. The van der Waals surface area contributed by atoms with Crippen molar-refractivity contribution in [2.24, 2.45) is 11.8 Å². The molecule has 1 aromatic carbocycles. The van der Waals surface area contributed by atoms with E-state index in [1.54, 1.807) is 12.1 Å². The first-order valence-electron chi connectivity index (χ1n) is 10.9. The number of halogens is 1. The van der Waals surface area contributed by atoms with Gasteiger partial charge in [0.25, 0.3) is 11.5 Å². The molecule has 1 saturated heterocycles.